The Morgan fingerprint density at radius 2 is 2.00 bits per heavy atom. The molecule has 2 rings (SSSR count). The molecule has 1 fully saturated rings. The van der Waals surface area contributed by atoms with Gasteiger partial charge in [0.25, 0.3) is 0 Å². The van der Waals surface area contributed by atoms with Crippen LogP contribution in [0.2, 0.25) is 0 Å². The highest BCUT2D eigenvalue weighted by Crippen LogP contribution is 2.31. The van der Waals surface area contributed by atoms with E-state index in [1.807, 2.05) is 13.8 Å². The molecule has 0 saturated carbocycles. The van der Waals surface area contributed by atoms with E-state index in [9.17, 15) is 13.2 Å². The number of aryl methyl sites for hydroxylation is 1. The van der Waals surface area contributed by atoms with Crippen LogP contribution < -0.4 is 0 Å². The van der Waals surface area contributed by atoms with Crippen molar-refractivity contribution in [2.45, 2.75) is 51.7 Å². The zero-order valence-electron chi connectivity index (χ0n) is 11.9. The molecule has 1 aromatic heterocycles. The molecule has 0 spiro atoms. The molecule has 0 radical (unpaired) electrons. The smallest absolute Gasteiger partial charge is 0.381 e. The van der Waals surface area contributed by atoms with E-state index < -0.39 is 11.9 Å². The predicted molar refractivity (Wildman–Crippen MR) is 69.5 cm³/mol. The molecule has 0 amide bonds. The van der Waals surface area contributed by atoms with E-state index in [1.165, 1.54) is 10.7 Å². The van der Waals surface area contributed by atoms with Gasteiger partial charge < -0.3 is 4.74 Å². The number of halogens is 3. The summed E-state index contributed by atoms with van der Waals surface area (Å²) in [6.07, 6.45) is -1.52. The van der Waals surface area contributed by atoms with Crippen molar-refractivity contribution in [1.29, 1.82) is 0 Å². The minimum atomic E-state index is -4.37. The standard InChI is InChI=1S/C14H21F3N2O/c1-10(2)12-9-13(14(15,16)17)18-19(12)6-3-11-4-7-20-8-5-11/h9-11H,3-8H2,1-2H3. The summed E-state index contributed by atoms with van der Waals surface area (Å²) in [5.74, 6) is 0.565. The van der Waals surface area contributed by atoms with E-state index in [-0.39, 0.29) is 5.92 Å². The van der Waals surface area contributed by atoms with Crippen LogP contribution in [0.1, 0.15) is 50.4 Å². The molecule has 0 aliphatic carbocycles. The number of rotatable bonds is 4. The maximum Gasteiger partial charge on any atom is 0.435 e. The third kappa shape index (κ3) is 3.75. The summed E-state index contributed by atoms with van der Waals surface area (Å²) in [4.78, 5) is 0. The van der Waals surface area contributed by atoms with Crippen LogP contribution in [-0.4, -0.2) is 23.0 Å². The van der Waals surface area contributed by atoms with Crippen LogP contribution in [0.5, 0.6) is 0 Å². The SMILES string of the molecule is CC(C)c1cc(C(F)(F)F)nn1CCC1CCOCC1. The van der Waals surface area contributed by atoms with Gasteiger partial charge in [-0.05, 0) is 37.2 Å². The van der Waals surface area contributed by atoms with Crippen molar-refractivity contribution < 1.29 is 17.9 Å². The quantitative estimate of drug-likeness (QED) is 0.842. The van der Waals surface area contributed by atoms with E-state index >= 15 is 0 Å². The fourth-order valence-electron chi connectivity index (χ4n) is 2.55. The van der Waals surface area contributed by atoms with Crippen LogP contribution in [-0.2, 0) is 17.5 Å². The monoisotopic (exact) mass is 290 g/mol. The van der Waals surface area contributed by atoms with Gasteiger partial charge in [0.05, 0.1) is 0 Å². The molecule has 3 nitrogen and oxygen atoms in total. The first-order valence-corrected chi connectivity index (χ1v) is 7.10. The Labute approximate surface area is 117 Å². The van der Waals surface area contributed by atoms with Crippen molar-refractivity contribution in [2.75, 3.05) is 13.2 Å². The third-order valence-corrected chi connectivity index (χ3v) is 3.78. The van der Waals surface area contributed by atoms with Crippen LogP contribution in [0.15, 0.2) is 6.07 Å². The molecule has 2 heterocycles. The molecule has 1 aromatic rings. The highest BCUT2D eigenvalue weighted by Gasteiger charge is 2.35. The van der Waals surface area contributed by atoms with Crippen molar-refractivity contribution in [3.63, 3.8) is 0 Å². The average molecular weight is 290 g/mol. The summed E-state index contributed by atoms with van der Waals surface area (Å²) in [6.45, 7) is 5.85. The summed E-state index contributed by atoms with van der Waals surface area (Å²) >= 11 is 0. The van der Waals surface area contributed by atoms with Crippen LogP contribution in [0.3, 0.4) is 0 Å². The Kier molecular flexibility index (Phi) is 4.73. The Balaban J connectivity index is 2.07. The van der Waals surface area contributed by atoms with Crippen molar-refractivity contribution >= 4 is 0 Å². The summed E-state index contributed by atoms with van der Waals surface area (Å²) in [5, 5.41) is 3.75. The second kappa shape index (κ2) is 6.16. The van der Waals surface area contributed by atoms with Crippen LogP contribution in [0.25, 0.3) is 0 Å². The zero-order valence-corrected chi connectivity index (χ0v) is 11.9. The van der Waals surface area contributed by atoms with Gasteiger partial charge in [-0.1, -0.05) is 13.8 Å². The molecule has 114 valence electrons. The number of alkyl halides is 3. The first-order valence-electron chi connectivity index (χ1n) is 7.10. The van der Waals surface area contributed by atoms with Gasteiger partial charge in [0, 0.05) is 25.5 Å². The van der Waals surface area contributed by atoms with Crippen LogP contribution >= 0.6 is 0 Å². The molecule has 0 atom stereocenters. The van der Waals surface area contributed by atoms with Gasteiger partial charge in [0.2, 0.25) is 0 Å². The number of ether oxygens (including phenoxy) is 1. The molecular weight excluding hydrogens is 269 g/mol. The topological polar surface area (TPSA) is 27.1 Å². The molecule has 0 unspecified atom stereocenters. The maximum absolute atomic E-state index is 12.7. The summed E-state index contributed by atoms with van der Waals surface area (Å²) in [5.41, 5.74) is -0.127. The van der Waals surface area contributed by atoms with Gasteiger partial charge in [0.15, 0.2) is 5.69 Å². The van der Waals surface area contributed by atoms with E-state index in [0.29, 0.717) is 18.2 Å². The first-order chi connectivity index (χ1) is 9.38. The highest BCUT2D eigenvalue weighted by molar-refractivity contribution is 5.16. The van der Waals surface area contributed by atoms with E-state index in [4.69, 9.17) is 4.74 Å². The van der Waals surface area contributed by atoms with Crippen molar-refractivity contribution in [2.24, 2.45) is 5.92 Å². The van der Waals surface area contributed by atoms with E-state index in [1.54, 1.807) is 0 Å². The molecular formula is C14H21F3N2O. The normalized spacial score (nSPS) is 17.9. The molecule has 0 aromatic carbocycles. The fraction of sp³-hybridized carbons (Fsp3) is 0.786. The Hall–Kier alpha value is -1.04. The molecule has 1 saturated heterocycles. The minimum absolute atomic E-state index is 0.0355. The summed E-state index contributed by atoms with van der Waals surface area (Å²) < 4.78 is 45.1. The Morgan fingerprint density at radius 1 is 1.35 bits per heavy atom. The highest BCUT2D eigenvalue weighted by atomic mass is 19.4. The van der Waals surface area contributed by atoms with Gasteiger partial charge in [-0.15, -0.1) is 0 Å². The third-order valence-electron chi connectivity index (χ3n) is 3.78. The van der Waals surface area contributed by atoms with Crippen molar-refractivity contribution in [3.8, 4) is 0 Å². The summed E-state index contributed by atoms with van der Waals surface area (Å²) in [7, 11) is 0. The molecule has 1 aliphatic heterocycles. The summed E-state index contributed by atoms with van der Waals surface area (Å²) in [6, 6.07) is 1.18. The minimum Gasteiger partial charge on any atom is -0.381 e. The molecule has 0 bridgehead atoms. The fourth-order valence-corrected chi connectivity index (χ4v) is 2.55. The first kappa shape index (κ1) is 15.4. The van der Waals surface area contributed by atoms with Gasteiger partial charge in [0.1, 0.15) is 0 Å². The molecule has 6 heteroatoms. The maximum atomic E-state index is 12.7. The van der Waals surface area contributed by atoms with Gasteiger partial charge in [-0.2, -0.15) is 18.3 Å². The lowest BCUT2D eigenvalue weighted by atomic mass is 9.96. The lowest BCUT2D eigenvalue weighted by Crippen LogP contribution is -2.18. The van der Waals surface area contributed by atoms with Gasteiger partial charge >= 0.3 is 6.18 Å². The largest absolute Gasteiger partial charge is 0.435 e. The van der Waals surface area contributed by atoms with Gasteiger partial charge in [-0.25, -0.2) is 0 Å². The van der Waals surface area contributed by atoms with E-state index in [0.717, 1.165) is 32.5 Å². The number of aromatic nitrogens is 2. The van der Waals surface area contributed by atoms with E-state index in [2.05, 4.69) is 5.10 Å². The zero-order chi connectivity index (χ0) is 14.8. The molecule has 1 aliphatic rings. The second-order valence-corrected chi connectivity index (χ2v) is 5.67. The number of nitrogens with zero attached hydrogens (tertiary/aromatic N) is 2. The second-order valence-electron chi connectivity index (χ2n) is 5.67. The number of hydrogen-bond donors (Lipinski definition) is 0. The van der Waals surface area contributed by atoms with Crippen molar-refractivity contribution in [3.05, 3.63) is 17.5 Å². The predicted octanol–water partition coefficient (Wildman–Crippen LogP) is 3.84. The number of hydrogen-bond acceptors (Lipinski definition) is 2. The Bertz CT molecular complexity index is 434. The Morgan fingerprint density at radius 3 is 2.55 bits per heavy atom. The molecule has 0 N–H and O–H groups in total. The van der Waals surface area contributed by atoms with Crippen molar-refractivity contribution in [1.82, 2.24) is 9.78 Å². The van der Waals surface area contributed by atoms with Gasteiger partial charge in [-0.3, -0.25) is 4.68 Å². The lowest BCUT2D eigenvalue weighted by molar-refractivity contribution is -0.141. The average Bonchev–Trinajstić information content (AvgIpc) is 2.82. The molecule has 20 heavy (non-hydrogen) atoms. The lowest BCUT2D eigenvalue weighted by Gasteiger charge is -2.22. The van der Waals surface area contributed by atoms with Crippen LogP contribution in [0.4, 0.5) is 13.2 Å². The van der Waals surface area contributed by atoms with Crippen LogP contribution in [0, 0.1) is 5.92 Å².